The van der Waals surface area contributed by atoms with E-state index in [-0.39, 0.29) is 19.8 Å². The third-order valence-electron chi connectivity index (χ3n) is 3.86. The molecule has 0 radical (unpaired) electrons. The number of unbranched alkanes of at least 4 members (excludes halogenated alkanes) is 3. The summed E-state index contributed by atoms with van der Waals surface area (Å²) in [7, 11) is 0. The molecule has 11 heteroatoms. The molecule has 0 aromatic heterocycles. The molecule has 1 heterocycles. The van der Waals surface area contributed by atoms with Gasteiger partial charge in [-0.15, -0.1) is 0 Å². The number of allylic oxidation sites excluding steroid dienone is 1. The molecule has 0 aromatic rings. The van der Waals surface area contributed by atoms with Crippen molar-refractivity contribution in [1.29, 1.82) is 0 Å². The first-order chi connectivity index (χ1) is 14.9. The maximum Gasteiger partial charge on any atom is 0.514 e. The Morgan fingerprint density at radius 3 is 2.13 bits per heavy atom. The van der Waals surface area contributed by atoms with Crippen LogP contribution in [0.4, 0.5) is 14.4 Å². The zero-order chi connectivity index (χ0) is 22.9. The molecule has 0 saturated carbocycles. The Kier molecular flexibility index (Phi) is 13.0. The van der Waals surface area contributed by atoms with Gasteiger partial charge in [0.25, 0.3) is 0 Å². The molecule has 1 saturated heterocycles. The zero-order valence-corrected chi connectivity index (χ0v) is 17.9. The highest BCUT2D eigenvalue weighted by molar-refractivity contribution is 5.68. The van der Waals surface area contributed by atoms with E-state index in [0.29, 0.717) is 31.0 Å². The van der Waals surface area contributed by atoms with Crippen LogP contribution in [0, 0.1) is 0 Å². The first-order valence-corrected chi connectivity index (χ1v) is 10.1. The van der Waals surface area contributed by atoms with Gasteiger partial charge >= 0.3 is 24.3 Å². The molecule has 1 rings (SSSR count). The molecule has 0 spiro atoms. The van der Waals surface area contributed by atoms with Gasteiger partial charge in [-0.25, -0.2) is 14.4 Å². The lowest BCUT2D eigenvalue weighted by Crippen LogP contribution is -2.26. The molecular weight excluding hydrogens is 412 g/mol. The summed E-state index contributed by atoms with van der Waals surface area (Å²) in [6, 6.07) is 0. The quantitative estimate of drug-likeness (QED) is 0.191. The van der Waals surface area contributed by atoms with E-state index >= 15 is 0 Å². The van der Waals surface area contributed by atoms with E-state index in [2.05, 4.69) is 20.1 Å². The van der Waals surface area contributed by atoms with Gasteiger partial charge in [0.1, 0.15) is 24.7 Å². The first-order valence-electron chi connectivity index (χ1n) is 10.1. The van der Waals surface area contributed by atoms with Crippen LogP contribution >= 0.6 is 0 Å². The molecule has 11 nitrogen and oxygen atoms in total. The number of nitrogens with one attached hydrogen (secondary N) is 2. The highest BCUT2D eigenvalue weighted by Crippen LogP contribution is 2.09. The van der Waals surface area contributed by atoms with Gasteiger partial charge in [-0.1, -0.05) is 19.8 Å². The van der Waals surface area contributed by atoms with E-state index in [4.69, 9.17) is 14.2 Å². The maximum atomic E-state index is 11.6. The molecule has 1 aliphatic rings. The third-order valence-corrected chi connectivity index (χ3v) is 3.86. The number of hydrogen-bond acceptors (Lipinski definition) is 9. The summed E-state index contributed by atoms with van der Waals surface area (Å²) in [4.78, 5) is 44.7. The van der Waals surface area contributed by atoms with E-state index in [9.17, 15) is 19.2 Å². The van der Waals surface area contributed by atoms with Crippen molar-refractivity contribution >= 4 is 24.3 Å². The van der Waals surface area contributed by atoms with Crippen LogP contribution in [0.3, 0.4) is 0 Å². The first kappa shape index (κ1) is 25.8. The summed E-state index contributed by atoms with van der Waals surface area (Å²) in [5.41, 5.74) is 0. The molecule has 0 aromatic carbocycles. The van der Waals surface area contributed by atoms with Gasteiger partial charge in [0.15, 0.2) is 6.61 Å². The normalized spacial score (nSPS) is 14.5. The van der Waals surface area contributed by atoms with Gasteiger partial charge in [0.05, 0.1) is 0 Å². The van der Waals surface area contributed by atoms with E-state index in [1.165, 1.54) is 13.0 Å². The fourth-order valence-corrected chi connectivity index (χ4v) is 2.35. The van der Waals surface area contributed by atoms with Crippen molar-refractivity contribution in [3.05, 3.63) is 23.7 Å². The number of alkyl carbamates (subject to hydrolysis) is 2. The minimum absolute atomic E-state index is 0.0150. The Bertz CT molecular complexity index is 674. The highest BCUT2D eigenvalue weighted by Gasteiger charge is 2.18. The Labute approximate surface area is 181 Å². The molecule has 1 fully saturated rings. The van der Waals surface area contributed by atoms with Crippen molar-refractivity contribution in [3.63, 3.8) is 0 Å². The van der Waals surface area contributed by atoms with Crippen molar-refractivity contribution in [3.8, 4) is 0 Å². The molecule has 0 bridgehead atoms. The van der Waals surface area contributed by atoms with Crippen LogP contribution in [-0.2, 0) is 28.5 Å². The Balaban J connectivity index is 1.94. The number of carbonyl (C=O) groups is 4. The van der Waals surface area contributed by atoms with Gasteiger partial charge in [-0.3, -0.25) is 4.79 Å². The molecule has 0 aliphatic carbocycles. The van der Waals surface area contributed by atoms with Gasteiger partial charge in [0.2, 0.25) is 0 Å². The third kappa shape index (κ3) is 13.6. The average Bonchev–Trinajstić information content (AvgIpc) is 3.13. The van der Waals surface area contributed by atoms with Crippen molar-refractivity contribution in [2.24, 2.45) is 0 Å². The fraction of sp³-hybridized carbons (Fsp3) is 0.600. The minimum Gasteiger partial charge on any atom is -0.445 e. The minimum atomic E-state index is -0.762. The maximum absolute atomic E-state index is 11.6. The van der Waals surface area contributed by atoms with Crippen LogP contribution in [0.1, 0.15) is 46.0 Å². The van der Waals surface area contributed by atoms with E-state index < -0.39 is 24.3 Å². The summed E-state index contributed by atoms with van der Waals surface area (Å²) >= 11 is 0. The standard InChI is InChI=1S/C20H30N2O9/c1-3-16(30-15(2)23)8-12-27-18(24)21-10-6-4-5-7-11-22-19(25)28-13-9-17-14-29-20(26)31-17/h8-9H,3-7,10-14H2,1-2H3,(H,21,24)(H,22,25). The van der Waals surface area contributed by atoms with Crippen molar-refractivity contribution in [1.82, 2.24) is 10.6 Å². The molecule has 174 valence electrons. The van der Waals surface area contributed by atoms with Crippen LogP contribution in [0.5, 0.6) is 0 Å². The number of hydrogen-bond donors (Lipinski definition) is 2. The summed E-state index contributed by atoms with van der Waals surface area (Å²) in [6.45, 7) is 4.15. The van der Waals surface area contributed by atoms with Crippen molar-refractivity contribution in [2.45, 2.75) is 46.0 Å². The number of cyclic esters (lactones) is 2. The van der Waals surface area contributed by atoms with Crippen LogP contribution in [0.15, 0.2) is 23.7 Å². The van der Waals surface area contributed by atoms with E-state index in [0.717, 1.165) is 25.7 Å². The van der Waals surface area contributed by atoms with Gasteiger partial charge in [0, 0.05) is 26.4 Å². The molecular formula is C20H30N2O9. The number of esters is 1. The lowest BCUT2D eigenvalue weighted by molar-refractivity contribution is -0.137. The second-order valence-electron chi connectivity index (χ2n) is 6.39. The molecule has 2 N–H and O–H groups in total. The summed E-state index contributed by atoms with van der Waals surface area (Å²) < 4.78 is 24.1. The molecule has 1 aliphatic heterocycles. The molecule has 31 heavy (non-hydrogen) atoms. The fourth-order valence-electron chi connectivity index (χ4n) is 2.35. The number of rotatable bonds is 13. The Morgan fingerprint density at radius 2 is 1.61 bits per heavy atom. The monoisotopic (exact) mass is 442 g/mol. The number of ether oxygens (including phenoxy) is 5. The predicted octanol–water partition coefficient (Wildman–Crippen LogP) is 2.91. The van der Waals surface area contributed by atoms with Crippen LogP contribution < -0.4 is 10.6 Å². The topological polar surface area (TPSA) is 138 Å². The second kappa shape index (κ2) is 15.6. The smallest absolute Gasteiger partial charge is 0.445 e. The Hall–Kier alpha value is -3.24. The van der Waals surface area contributed by atoms with E-state index in [1.807, 2.05) is 6.92 Å². The summed E-state index contributed by atoms with van der Waals surface area (Å²) in [6.07, 6.45) is 4.98. The van der Waals surface area contributed by atoms with Crippen LogP contribution in [0.2, 0.25) is 0 Å². The average molecular weight is 442 g/mol. The van der Waals surface area contributed by atoms with Crippen molar-refractivity contribution in [2.75, 3.05) is 32.9 Å². The zero-order valence-electron chi connectivity index (χ0n) is 17.9. The lowest BCUT2D eigenvalue weighted by Gasteiger charge is -2.07. The SMILES string of the molecule is CCC(=CCOC(=O)NCCCCCCNC(=O)OCC=C1COC(=O)O1)OC(C)=O. The summed E-state index contributed by atoms with van der Waals surface area (Å²) in [5, 5.41) is 5.26. The predicted molar refractivity (Wildman–Crippen MR) is 108 cm³/mol. The molecule has 0 unspecified atom stereocenters. The number of carbonyl (C=O) groups excluding carboxylic acids is 4. The van der Waals surface area contributed by atoms with E-state index in [1.54, 1.807) is 6.08 Å². The van der Waals surface area contributed by atoms with Gasteiger partial charge in [-0.05, 0) is 25.0 Å². The Morgan fingerprint density at radius 1 is 1.00 bits per heavy atom. The lowest BCUT2D eigenvalue weighted by atomic mass is 10.2. The molecule has 0 atom stereocenters. The number of amides is 2. The largest absolute Gasteiger partial charge is 0.514 e. The van der Waals surface area contributed by atoms with Gasteiger partial charge in [-0.2, -0.15) is 0 Å². The second-order valence-corrected chi connectivity index (χ2v) is 6.39. The van der Waals surface area contributed by atoms with Crippen LogP contribution in [0.25, 0.3) is 0 Å². The van der Waals surface area contributed by atoms with Crippen molar-refractivity contribution < 1.29 is 42.9 Å². The van der Waals surface area contributed by atoms with Gasteiger partial charge < -0.3 is 34.3 Å². The van der Waals surface area contributed by atoms with Crippen LogP contribution in [-0.4, -0.2) is 57.2 Å². The highest BCUT2D eigenvalue weighted by atomic mass is 16.8. The molecule has 2 amide bonds. The summed E-state index contributed by atoms with van der Waals surface area (Å²) in [5.74, 6) is 0.370.